The molecule has 6 heteroatoms. The first kappa shape index (κ1) is 19.6. The summed E-state index contributed by atoms with van der Waals surface area (Å²) >= 11 is 0. The van der Waals surface area contributed by atoms with Crippen molar-refractivity contribution in [3.63, 3.8) is 0 Å². The Morgan fingerprint density at radius 2 is 1.45 bits per heavy atom. The monoisotopic (exact) mass is 406 g/mol. The van der Waals surface area contributed by atoms with E-state index < -0.39 is 29.2 Å². The lowest BCUT2D eigenvalue weighted by atomic mass is 9.96. The van der Waals surface area contributed by atoms with E-state index in [9.17, 15) is 22.0 Å². The first-order valence-electron chi connectivity index (χ1n) is 9.21. The molecular weight excluding hydrogens is 390 g/mol. The van der Waals surface area contributed by atoms with Crippen molar-refractivity contribution >= 4 is 0 Å². The summed E-state index contributed by atoms with van der Waals surface area (Å²) < 4.78 is 81.5. The average Bonchev–Trinajstić information content (AvgIpc) is 2.99. The molecule has 29 heavy (non-hydrogen) atoms. The maximum Gasteiger partial charge on any atom is 0.422 e. The van der Waals surface area contributed by atoms with Crippen LogP contribution >= 0.6 is 0 Å². The number of benzene rings is 3. The van der Waals surface area contributed by atoms with Crippen molar-refractivity contribution in [1.29, 1.82) is 0 Å². The number of alkyl halides is 3. The molecule has 0 spiro atoms. The highest BCUT2D eigenvalue weighted by molar-refractivity contribution is 5.81. The van der Waals surface area contributed by atoms with Gasteiger partial charge in [-0.25, -0.2) is 13.2 Å². The molecule has 0 bridgehead atoms. The van der Waals surface area contributed by atoms with Crippen molar-refractivity contribution in [1.82, 2.24) is 0 Å². The second kappa shape index (κ2) is 6.94. The minimum atomic E-state index is -5.17. The van der Waals surface area contributed by atoms with Crippen LogP contribution in [0.15, 0.2) is 42.5 Å². The fraction of sp³-hybridized carbons (Fsp3) is 0.217. The first-order valence-corrected chi connectivity index (χ1v) is 9.21. The van der Waals surface area contributed by atoms with Crippen molar-refractivity contribution in [2.45, 2.75) is 32.4 Å². The Morgan fingerprint density at radius 3 is 2.07 bits per heavy atom. The molecule has 0 atom stereocenters. The zero-order chi connectivity index (χ0) is 20.9. The van der Waals surface area contributed by atoms with Gasteiger partial charge in [-0.15, -0.1) is 0 Å². The van der Waals surface area contributed by atoms with Crippen LogP contribution in [-0.2, 0) is 19.0 Å². The number of aryl methyl sites for hydroxylation is 1. The number of halogens is 6. The third kappa shape index (κ3) is 3.30. The van der Waals surface area contributed by atoms with Crippen LogP contribution in [0, 0.1) is 17.5 Å². The fourth-order valence-electron chi connectivity index (χ4n) is 3.96. The average molecular weight is 406 g/mol. The Hall–Kier alpha value is -2.76. The van der Waals surface area contributed by atoms with Crippen LogP contribution in [0.4, 0.5) is 26.3 Å². The number of fused-ring (bicyclic) bond motifs is 3. The molecule has 1 aliphatic carbocycles. The van der Waals surface area contributed by atoms with Gasteiger partial charge in [-0.3, -0.25) is 0 Å². The largest absolute Gasteiger partial charge is 0.422 e. The van der Waals surface area contributed by atoms with Crippen LogP contribution in [0.5, 0.6) is 0 Å². The number of hydrogen-bond donors (Lipinski definition) is 0. The van der Waals surface area contributed by atoms with Gasteiger partial charge in [-0.05, 0) is 46.4 Å². The molecule has 0 heterocycles. The molecule has 0 unspecified atom stereocenters. The van der Waals surface area contributed by atoms with E-state index in [4.69, 9.17) is 0 Å². The van der Waals surface area contributed by atoms with Crippen molar-refractivity contribution in [2.75, 3.05) is 0 Å². The smallest absolute Gasteiger partial charge is 0.206 e. The van der Waals surface area contributed by atoms with Gasteiger partial charge < -0.3 is 0 Å². The van der Waals surface area contributed by atoms with Gasteiger partial charge in [0.15, 0.2) is 0 Å². The van der Waals surface area contributed by atoms with Crippen LogP contribution in [0.25, 0.3) is 22.3 Å². The Labute approximate surface area is 163 Å². The zero-order valence-corrected chi connectivity index (χ0v) is 15.4. The van der Waals surface area contributed by atoms with Gasteiger partial charge in [0.2, 0.25) is 0 Å². The van der Waals surface area contributed by atoms with E-state index >= 15 is 4.39 Å². The highest BCUT2D eigenvalue weighted by Gasteiger charge is 2.38. The summed E-state index contributed by atoms with van der Waals surface area (Å²) in [5.74, 6) is -4.20. The molecule has 0 saturated carbocycles. The van der Waals surface area contributed by atoms with Crippen LogP contribution < -0.4 is 0 Å². The Kier molecular flexibility index (Phi) is 4.68. The van der Waals surface area contributed by atoms with Gasteiger partial charge in [0.05, 0.1) is 0 Å². The lowest BCUT2D eigenvalue weighted by Crippen LogP contribution is -2.11. The summed E-state index contributed by atoms with van der Waals surface area (Å²) in [6.07, 6.45) is -2.95. The molecule has 4 rings (SSSR count). The predicted molar refractivity (Wildman–Crippen MR) is 99.0 cm³/mol. The van der Waals surface area contributed by atoms with E-state index in [2.05, 4.69) is 6.92 Å². The second-order valence-corrected chi connectivity index (χ2v) is 7.18. The molecule has 3 aromatic rings. The van der Waals surface area contributed by atoms with Crippen molar-refractivity contribution in [3.05, 3.63) is 82.2 Å². The molecule has 0 aromatic heterocycles. The van der Waals surface area contributed by atoms with Crippen molar-refractivity contribution in [2.24, 2.45) is 0 Å². The predicted octanol–water partition coefficient (Wildman–Crippen LogP) is 7.31. The molecule has 0 nitrogen and oxygen atoms in total. The standard InChI is InChI=1S/C23H16F6/c1-2-3-12-4-5-15-13(8-12)9-18-17(15)7-6-16(22(18)26)14-10-19(24)21(20(25)11-14)23(27,28)29/h4-8,10-11H,2-3,9H2,1H3. The summed E-state index contributed by atoms with van der Waals surface area (Å²) in [5, 5.41) is 0. The topological polar surface area (TPSA) is 0 Å². The van der Waals surface area contributed by atoms with Crippen LogP contribution in [0.1, 0.15) is 35.6 Å². The highest BCUT2D eigenvalue weighted by atomic mass is 19.4. The van der Waals surface area contributed by atoms with Crippen LogP contribution in [-0.4, -0.2) is 0 Å². The molecule has 0 amide bonds. The second-order valence-electron chi connectivity index (χ2n) is 7.18. The Balaban J connectivity index is 1.78. The van der Waals surface area contributed by atoms with E-state index in [1.54, 1.807) is 6.07 Å². The molecule has 0 N–H and O–H groups in total. The van der Waals surface area contributed by atoms with Gasteiger partial charge in [-0.1, -0.05) is 43.7 Å². The Bertz CT molecular complexity index is 1090. The lowest BCUT2D eigenvalue weighted by molar-refractivity contribution is -0.142. The van der Waals surface area contributed by atoms with Gasteiger partial charge in [0.25, 0.3) is 0 Å². The zero-order valence-electron chi connectivity index (χ0n) is 15.4. The molecule has 0 radical (unpaired) electrons. The van der Waals surface area contributed by atoms with Gasteiger partial charge in [0.1, 0.15) is 23.0 Å². The SMILES string of the molecule is CCCc1ccc2c(c1)Cc1c-2ccc(-c2cc(F)c(C(F)(F)F)c(F)c2)c1F. The summed E-state index contributed by atoms with van der Waals surface area (Å²) in [6, 6.07) is 10.00. The molecular formula is C23H16F6. The molecule has 0 saturated heterocycles. The van der Waals surface area contributed by atoms with Crippen LogP contribution in [0.2, 0.25) is 0 Å². The van der Waals surface area contributed by atoms with E-state index in [-0.39, 0.29) is 11.1 Å². The van der Waals surface area contributed by atoms with Gasteiger partial charge in [-0.2, -0.15) is 13.2 Å². The molecule has 150 valence electrons. The fourth-order valence-corrected chi connectivity index (χ4v) is 3.96. The van der Waals surface area contributed by atoms with E-state index in [1.807, 2.05) is 18.2 Å². The molecule has 3 aromatic carbocycles. The third-order valence-electron chi connectivity index (χ3n) is 5.25. The lowest BCUT2D eigenvalue weighted by Gasteiger charge is -2.13. The minimum Gasteiger partial charge on any atom is -0.206 e. The van der Waals surface area contributed by atoms with E-state index in [1.165, 1.54) is 6.07 Å². The molecule has 0 fully saturated rings. The van der Waals surface area contributed by atoms with E-state index in [0.29, 0.717) is 29.7 Å². The van der Waals surface area contributed by atoms with E-state index in [0.717, 1.165) is 29.5 Å². The normalized spacial score (nSPS) is 12.8. The van der Waals surface area contributed by atoms with Gasteiger partial charge in [0, 0.05) is 17.5 Å². The summed E-state index contributed by atoms with van der Waals surface area (Å²) in [5.41, 5.74) is 1.71. The number of hydrogen-bond acceptors (Lipinski definition) is 0. The molecule has 1 aliphatic rings. The third-order valence-corrected chi connectivity index (χ3v) is 5.25. The Morgan fingerprint density at radius 1 is 0.828 bits per heavy atom. The quantitative estimate of drug-likeness (QED) is 0.313. The van der Waals surface area contributed by atoms with Crippen molar-refractivity contribution in [3.8, 4) is 22.3 Å². The number of rotatable bonds is 3. The summed E-state index contributed by atoms with van der Waals surface area (Å²) in [4.78, 5) is 0. The van der Waals surface area contributed by atoms with Crippen LogP contribution in [0.3, 0.4) is 0 Å². The van der Waals surface area contributed by atoms with Crippen molar-refractivity contribution < 1.29 is 26.3 Å². The minimum absolute atomic E-state index is 0.128. The first-order chi connectivity index (χ1) is 13.7. The highest BCUT2D eigenvalue weighted by Crippen LogP contribution is 2.42. The maximum absolute atomic E-state index is 15.2. The summed E-state index contributed by atoms with van der Waals surface area (Å²) in [7, 11) is 0. The molecule has 0 aliphatic heterocycles. The summed E-state index contributed by atoms with van der Waals surface area (Å²) in [6.45, 7) is 2.07. The van der Waals surface area contributed by atoms with Gasteiger partial charge >= 0.3 is 6.18 Å². The maximum atomic E-state index is 15.2.